The molecule has 2 aromatic rings. The number of rotatable bonds is 2. The number of hydrogen-bond acceptors (Lipinski definition) is 2. The average molecular weight is 354 g/mol. The van der Waals surface area contributed by atoms with Gasteiger partial charge in [-0.3, -0.25) is 4.79 Å². The van der Waals surface area contributed by atoms with Gasteiger partial charge in [0.1, 0.15) is 5.82 Å². The molecule has 0 bridgehead atoms. The minimum atomic E-state index is -1.42. The molecule has 0 spiro atoms. The van der Waals surface area contributed by atoms with E-state index in [4.69, 9.17) is 0 Å². The van der Waals surface area contributed by atoms with Crippen molar-refractivity contribution in [3.05, 3.63) is 52.3 Å². The van der Waals surface area contributed by atoms with Gasteiger partial charge in [-0.05, 0) is 57.9 Å². The third-order valence-corrected chi connectivity index (χ3v) is 5.37. The average Bonchev–Trinajstić information content (AvgIpc) is 2.77. The first-order chi connectivity index (χ1) is 9.54. The summed E-state index contributed by atoms with van der Waals surface area (Å²) in [5.41, 5.74) is 1.56. The number of nitrogens with one attached hydrogen (secondary N) is 1. The molecule has 3 rings (SSSR count). The Morgan fingerprint density at radius 3 is 2.60 bits per heavy atom. The fourth-order valence-electron chi connectivity index (χ4n) is 2.05. The van der Waals surface area contributed by atoms with Crippen molar-refractivity contribution >= 4 is 38.3 Å². The lowest BCUT2D eigenvalue weighted by atomic mass is 10.2. The molecule has 1 unspecified atom stereocenters. The smallest absolute Gasteiger partial charge is 0.228 e. The van der Waals surface area contributed by atoms with Crippen molar-refractivity contribution < 1.29 is 13.4 Å². The first kappa shape index (κ1) is 13.5. The van der Waals surface area contributed by atoms with Gasteiger partial charge in [-0.15, -0.1) is 0 Å². The van der Waals surface area contributed by atoms with Gasteiger partial charge in [0.05, 0.1) is 22.1 Å². The van der Waals surface area contributed by atoms with Crippen molar-refractivity contribution in [2.75, 3.05) is 5.32 Å². The molecule has 0 saturated heterocycles. The number of carbonyl (C=O) groups is 1. The lowest BCUT2D eigenvalue weighted by Crippen LogP contribution is -2.03. The normalized spacial score (nSPS) is 14.8. The summed E-state index contributed by atoms with van der Waals surface area (Å²) >= 11 is 3.36. The van der Waals surface area contributed by atoms with Crippen molar-refractivity contribution in [2.24, 2.45) is 0 Å². The van der Waals surface area contributed by atoms with Crippen LogP contribution in [-0.4, -0.2) is 10.1 Å². The van der Waals surface area contributed by atoms with Crippen LogP contribution in [0.1, 0.15) is 5.56 Å². The number of benzene rings is 2. The SMILES string of the molecule is O=C1Cc2cc(S(=O)c3ccc(F)cc3)c(Br)cc2N1. The van der Waals surface area contributed by atoms with Crippen molar-refractivity contribution in [2.45, 2.75) is 16.2 Å². The fourth-order valence-corrected chi connectivity index (χ4v) is 3.96. The fraction of sp³-hybridized carbons (Fsp3) is 0.0714. The number of halogens is 2. The molecule has 1 N–H and O–H groups in total. The van der Waals surface area contributed by atoms with Gasteiger partial charge >= 0.3 is 0 Å². The van der Waals surface area contributed by atoms with E-state index in [9.17, 15) is 13.4 Å². The van der Waals surface area contributed by atoms with Crippen LogP contribution in [0.25, 0.3) is 0 Å². The van der Waals surface area contributed by atoms with Crippen LogP contribution in [0.4, 0.5) is 10.1 Å². The summed E-state index contributed by atoms with van der Waals surface area (Å²) in [7, 11) is -1.42. The van der Waals surface area contributed by atoms with E-state index in [0.717, 1.165) is 11.3 Å². The Bertz CT molecular complexity index is 731. The van der Waals surface area contributed by atoms with Crippen LogP contribution in [0.2, 0.25) is 0 Å². The van der Waals surface area contributed by atoms with Crippen molar-refractivity contribution in [3.63, 3.8) is 0 Å². The second-order valence-electron chi connectivity index (χ2n) is 4.39. The number of amides is 1. The molecular formula is C14H9BrFNO2S. The highest BCUT2D eigenvalue weighted by atomic mass is 79.9. The van der Waals surface area contributed by atoms with Gasteiger partial charge in [0, 0.05) is 15.1 Å². The van der Waals surface area contributed by atoms with E-state index in [2.05, 4.69) is 21.2 Å². The van der Waals surface area contributed by atoms with Gasteiger partial charge in [0.2, 0.25) is 5.91 Å². The first-order valence-corrected chi connectivity index (χ1v) is 7.78. The molecule has 1 aliphatic rings. The van der Waals surface area contributed by atoms with Gasteiger partial charge in [-0.25, -0.2) is 8.60 Å². The van der Waals surface area contributed by atoms with E-state index in [0.29, 0.717) is 14.3 Å². The standard InChI is InChI=1S/C14H9BrFNO2S/c15-11-7-12-8(6-14(18)17-12)5-13(11)20(19)10-3-1-9(16)2-4-10/h1-5,7H,6H2,(H,17,18). The Labute approximate surface area is 125 Å². The zero-order valence-electron chi connectivity index (χ0n) is 10.2. The molecule has 20 heavy (non-hydrogen) atoms. The molecule has 0 fully saturated rings. The zero-order valence-corrected chi connectivity index (χ0v) is 12.6. The van der Waals surface area contributed by atoms with Gasteiger partial charge in [0.25, 0.3) is 0 Å². The van der Waals surface area contributed by atoms with Crippen molar-refractivity contribution in [3.8, 4) is 0 Å². The summed E-state index contributed by atoms with van der Waals surface area (Å²) in [6.07, 6.45) is 0.288. The van der Waals surface area contributed by atoms with Crippen LogP contribution < -0.4 is 5.32 Å². The summed E-state index contributed by atoms with van der Waals surface area (Å²) in [5, 5.41) is 2.73. The highest BCUT2D eigenvalue weighted by Crippen LogP contribution is 2.33. The minimum absolute atomic E-state index is 0.0726. The Hall–Kier alpha value is -1.53. The molecule has 2 aromatic carbocycles. The summed E-state index contributed by atoms with van der Waals surface area (Å²) in [6.45, 7) is 0. The highest BCUT2D eigenvalue weighted by Gasteiger charge is 2.21. The van der Waals surface area contributed by atoms with E-state index in [1.54, 1.807) is 12.1 Å². The molecule has 0 aliphatic carbocycles. The molecule has 6 heteroatoms. The Balaban J connectivity index is 2.02. The second kappa shape index (κ2) is 5.10. The predicted octanol–water partition coefficient (Wildman–Crippen LogP) is 3.25. The first-order valence-electron chi connectivity index (χ1n) is 5.84. The molecule has 1 atom stereocenters. The molecule has 0 radical (unpaired) electrons. The van der Waals surface area contributed by atoms with E-state index in [-0.39, 0.29) is 18.1 Å². The molecular weight excluding hydrogens is 345 g/mol. The third-order valence-electron chi connectivity index (χ3n) is 3.01. The maximum absolute atomic E-state index is 12.9. The van der Waals surface area contributed by atoms with E-state index in [1.807, 2.05) is 0 Å². The van der Waals surface area contributed by atoms with E-state index in [1.165, 1.54) is 24.3 Å². The summed E-state index contributed by atoms with van der Waals surface area (Å²) in [4.78, 5) is 12.4. The van der Waals surface area contributed by atoms with Crippen LogP contribution in [0.5, 0.6) is 0 Å². The van der Waals surface area contributed by atoms with Crippen LogP contribution in [-0.2, 0) is 22.0 Å². The quantitative estimate of drug-likeness (QED) is 0.900. The lowest BCUT2D eigenvalue weighted by Gasteiger charge is -2.08. The van der Waals surface area contributed by atoms with Crippen LogP contribution in [0, 0.1) is 5.82 Å². The molecule has 3 nitrogen and oxygen atoms in total. The van der Waals surface area contributed by atoms with Gasteiger partial charge < -0.3 is 5.32 Å². The van der Waals surface area contributed by atoms with Gasteiger partial charge in [-0.2, -0.15) is 0 Å². The lowest BCUT2D eigenvalue weighted by molar-refractivity contribution is -0.115. The molecule has 1 heterocycles. The van der Waals surface area contributed by atoms with Crippen molar-refractivity contribution in [1.29, 1.82) is 0 Å². The van der Waals surface area contributed by atoms with Crippen LogP contribution >= 0.6 is 15.9 Å². The largest absolute Gasteiger partial charge is 0.325 e. The van der Waals surface area contributed by atoms with Crippen LogP contribution in [0.3, 0.4) is 0 Å². The minimum Gasteiger partial charge on any atom is -0.325 e. The summed E-state index contributed by atoms with van der Waals surface area (Å²) in [5.74, 6) is -0.440. The Morgan fingerprint density at radius 1 is 1.20 bits per heavy atom. The topological polar surface area (TPSA) is 46.2 Å². The Morgan fingerprint density at radius 2 is 1.90 bits per heavy atom. The maximum Gasteiger partial charge on any atom is 0.228 e. The molecule has 1 amide bonds. The zero-order chi connectivity index (χ0) is 14.3. The van der Waals surface area contributed by atoms with Crippen molar-refractivity contribution in [1.82, 2.24) is 0 Å². The number of anilines is 1. The summed E-state index contributed by atoms with van der Waals surface area (Å²) in [6, 6.07) is 9.04. The number of carbonyl (C=O) groups excluding carboxylic acids is 1. The molecule has 102 valence electrons. The Kier molecular flexibility index (Phi) is 3.43. The maximum atomic E-state index is 12.9. The number of fused-ring (bicyclic) bond motifs is 1. The summed E-state index contributed by atoms with van der Waals surface area (Å²) < 4.78 is 26.1. The molecule has 0 aromatic heterocycles. The van der Waals surface area contributed by atoms with Crippen LogP contribution in [0.15, 0.2) is 50.7 Å². The molecule has 1 aliphatic heterocycles. The monoisotopic (exact) mass is 353 g/mol. The second-order valence-corrected chi connectivity index (χ2v) is 6.69. The molecule has 0 saturated carbocycles. The van der Waals surface area contributed by atoms with E-state index >= 15 is 0 Å². The van der Waals surface area contributed by atoms with Gasteiger partial charge in [0.15, 0.2) is 0 Å². The predicted molar refractivity (Wildman–Crippen MR) is 77.6 cm³/mol. The van der Waals surface area contributed by atoms with Gasteiger partial charge in [-0.1, -0.05) is 0 Å². The van der Waals surface area contributed by atoms with E-state index < -0.39 is 10.8 Å². The third kappa shape index (κ3) is 2.41. The highest BCUT2D eigenvalue weighted by molar-refractivity contribution is 9.10. The number of hydrogen-bond donors (Lipinski definition) is 1.